The lowest BCUT2D eigenvalue weighted by atomic mass is 9.70. The van der Waals surface area contributed by atoms with Crippen LogP contribution in [0.5, 0.6) is 0 Å². The first kappa shape index (κ1) is 16.2. The van der Waals surface area contributed by atoms with Crippen LogP contribution in [0.1, 0.15) is 64.9 Å². The van der Waals surface area contributed by atoms with E-state index in [9.17, 15) is 0 Å². The Hall–Kier alpha value is -0.820. The Labute approximate surface area is 119 Å². The topological polar surface area (TPSA) is 26.0 Å². The van der Waals surface area contributed by atoms with Crippen LogP contribution in [-0.2, 0) is 6.54 Å². The highest BCUT2D eigenvalue weighted by Gasteiger charge is 2.28. The van der Waals surface area contributed by atoms with Gasteiger partial charge in [-0.1, -0.05) is 76.8 Å². The first-order valence-electron chi connectivity index (χ1n) is 7.84. The molecule has 1 aromatic rings. The Kier molecular flexibility index (Phi) is 7.15. The molecule has 1 aliphatic carbocycles. The molecule has 0 bridgehead atoms. The first-order valence-corrected chi connectivity index (χ1v) is 7.84. The summed E-state index contributed by atoms with van der Waals surface area (Å²) in [6.07, 6.45) is 8.76. The molecule has 1 saturated carbocycles. The molecule has 1 fully saturated rings. The lowest BCUT2D eigenvalue weighted by Gasteiger charge is -2.36. The molecule has 19 heavy (non-hydrogen) atoms. The summed E-state index contributed by atoms with van der Waals surface area (Å²) in [4.78, 5) is 0. The van der Waals surface area contributed by atoms with Crippen molar-refractivity contribution in [2.75, 3.05) is 0 Å². The number of hydrogen-bond acceptors (Lipinski definition) is 1. The number of benzene rings is 1. The maximum absolute atomic E-state index is 5.35. The third-order valence-corrected chi connectivity index (χ3v) is 4.70. The fraction of sp³-hybridized carbons (Fsp3) is 0.667. The second-order valence-electron chi connectivity index (χ2n) is 6.37. The van der Waals surface area contributed by atoms with Crippen LogP contribution in [0.4, 0.5) is 0 Å². The predicted octanol–water partition coefficient (Wildman–Crippen LogP) is 5.15. The minimum Gasteiger partial charge on any atom is -0.326 e. The Bertz CT molecular complexity index is 323. The molecule has 1 heteroatoms. The lowest BCUT2D eigenvalue weighted by Crippen LogP contribution is -2.25. The monoisotopic (exact) mass is 261 g/mol. The Morgan fingerprint density at radius 3 is 2.05 bits per heavy atom. The maximum Gasteiger partial charge on any atom is 0.0178 e. The molecular weight excluding hydrogens is 230 g/mol. The predicted molar refractivity (Wildman–Crippen MR) is 85.0 cm³/mol. The maximum atomic E-state index is 5.35. The minimum atomic E-state index is 0.612. The highest BCUT2D eigenvalue weighted by molar-refractivity contribution is 5.13. The summed E-state index contributed by atoms with van der Waals surface area (Å²) in [7, 11) is 0. The van der Waals surface area contributed by atoms with Gasteiger partial charge in [-0.15, -0.1) is 0 Å². The highest BCUT2D eigenvalue weighted by atomic mass is 14.5. The minimum absolute atomic E-state index is 0.612. The molecule has 2 rings (SSSR count). The molecule has 1 aliphatic rings. The van der Waals surface area contributed by atoms with Gasteiger partial charge in [-0.05, 0) is 29.7 Å². The highest BCUT2D eigenvalue weighted by Crippen LogP contribution is 2.40. The van der Waals surface area contributed by atoms with E-state index in [1.54, 1.807) is 0 Å². The molecule has 0 radical (unpaired) electrons. The van der Waals surface area contributed by atoms with Gasteiger partial charge in [-0.3, -0.25) is 0 Å². The van der Waals surface area contributed by atoms with Gasteiger partial charge in [0.2, 0.25) is 0 Å². The summed E-state index contributed by atoms with van der Waals surface area (Å²) in [6, 6.07) is 9.99. The third-order valence-electron chi connectivity index (χ3n) is 4.70. The summed E-state index contributed by atoms with van der Waals surface area (Å²) < 4.78 is 0. The van der Waals surface area contributed by atoms with E-state index in [0.29, 0.717) is 12.0 Å². The van der Waals surface area contributed by atoms with Crippen LogP contribution < -0.4 is 5.73 Å². The van der Waals surface area contributed by atoms with Crippen LogP contribution in [0, 0.1) is 11.3 Å². The molecule has 0 unspecified atom stereocenters. The van der Waals surface area contributed by atoms with Gasteiger partial charge in [0, 0.05) is 6.54 Å². The molecule has 0 spiro atoms. The van der Waals surface area contributed by atoms with Gasteiger partial charge >= 0.3 is 0 Å². The van der Waals surface area contributed by atoms with Gasteiger partial charge in [-0.2, -0.15) is 0 Å². The van der Waals surface area contributed by atoms with Crippen LogP contribution in [0.25, 0.3) is 0 Å². The zero-order valence-electron chi connectivity index (χ0n) is 13.0. The summed E-state index contributed by atoms with van der Waals surface area (Å²) >= 11 is 0. The molecule has 0 aliphatic heterocycles. The summed E-state index contributed by atoms with van der Waals surface area (Å²) in [5.41, 5.74) is 7.15. The summed E-state index contributed by atoms with van der Waals surface area (Å²) in [5, 5.41) is 0. The second-order valence-corrected chi connectivity index (χ2v) is 6.37. The number of nitrogens with two attached hydrogens (primary N) is 1. The van der Waals surface area contributed by atoms with E-state index in [1.165, 1.54) is 44.1 Å². The average molecular weight is 261 g/mol. The molecule has 0 saturated heterocycles. The quantitative estimate of drug-likeness (QED) is 0.800. The van der Waals surface area contributed by atoms with Crippen molar-refractivity contribution in [2.24, 2.45) is 17.1 Å². The van der Waals surface area contributed by atoms with E-state index < -0.39 is 0 Å². The van der Waals surface area contributed by atoms with Crippen LogP contribution in [-0.4, -0.2) is 0 Å². The van der Waals surface area contributed by atoms with E-state index >= 15 is 0 Å². The molecule has 0 atom stereocenters. The molecule has 1 nitrogen and oxygen atoms in total. The molecule has 0 amide bonds. The van der Waals surface area contributed by atoms with Crippen molar-refractivity contribution in [3.05, 3.63) is 35.9 Å². The molecule has 0 aromatic heterocycles. The summed E-state index contributed by atoms with van der Waals surface area (Å²) in [5.74, 6) is 1.02. The molecule has 108 valence electrons. The summed E-state index contributed by atoms with van der Waals surface area (Å²) in [6.45, 7) is 7.83. The van der Waals surface area contributed by atoms with Gasteiger partial charge in [0.25, 0.3) is 0 Å². The van der Waals surface area contributed by atoms with Gasteiger partial charge in [-0.25, -0.2) is 0 Å². The van der Waals surface area contributed by atoms with Crippen molar-refractivity contribution in [3.8, 4) is 0 Å². The van der Waals surface area contributed by atoms with Crippen LogP contribution in [0.15, 0.2) is 30.3 Å². The smallest absolute Gasteiger partial charge is 0.0178 e. The van der Waals surface area contributed by atoms with Crippen molar-refractivity contribution in [2.45, 2.75) is 65.8 Å². The second kappa shape index (κ2) is 8.37. The van der Waals surface area contributed by atoms with Crippen molar-refractivity contribution in [1.82, 2.24) is 0 Å². The molecule has 1 aromatic carbocycles. The zero-order chi connectivity index (χ0) is 14.1. The molecule has 0 heterocycles. The fourth-order valence-corrected chi connectivity index (χ4v) is 2.79. The number of hydrogen-bond donors (Lipinski definition) is 1. The third kappa shape index (κ3) is 5.78. The Morgan fingerprint density at radius 1 is 1.05 bits per heavy atom. The average Bonchev–Trinajstić information content (AvgIpc) is 2.49. The Balaban J connectivity index is 0.000000200. The van der Waals surface area contributed by atoms with Crippen LogP contribution in [0.3, 0.4) is 0 Å². The van der Waals surface area contributed by atoms with Crippen LogP contribution in [0.2, 0.25) is 0 Å². The van der Waals surface area contributed by atoms with E-state index in [2.05, 4.69) is 20.8 Å². The SMILES string of the molecule is CCC(C)(C)C1CCCCC1.NCc1ccccc1. The van der Waals surface area contributed by atoms with Crippen molar-refractivity contribution < 1.29 is 0 Å². The van der Waals surface area contributed by atoms with E-state index in [4.69, 9.17) is 5.73 Å². The fourth-order valence-electron chi connectivity index (χ4n) is 2.79. The van der Waals surface area contributed by atoms with Gasteiger partial charge in [0.1, 0.15) is 0 Å². The van der Waals surface area contributed by atoms with Gasteiger partial charge < -0.3 is 5.73 Å². The lowest BCUT2D eigenvalue weighted by molar-refractivity contribution is 0.152. The Morgan fingerprint density at radius 2 is 1.63 bits per heavy atom. The van der Waals surface area contributed by atoms with Crippen molar-refractivity contribution >= 4 is 0 Å². The van der Waals surface area contributed by atoms with E-state index in [1.807, 2.05) is 30.3 Å². The normalized spacial score (nSPS) is 16.6. The number of rotatable bonds is 3. The van der Waals surface area contributed by atoms with E-state index in [-0.39, 0.29) is 0 Å². The zero-order valence-corrected chi connectivity index (χ0v) is 13.0. The largest absolute Gasteiger partial charge is 0.326 e. The van der Waals surface area contributed by atoms with E-state index in [0.717, 1.165) is 5.92 Å². The molecule has 2 N–H and O–H groups in total. The van der Waals surface area contributed by atoms with Crippen molar-refractivity contribution in [1.29, 1.82) is 0 Å². The standard InChI is InChI=1S/C11H22.C7H9N/c1-4-11(2,3)10-8-6-5-7-9-10;8-6-7-4-2-1-3-5-7/h10H,4-9H2,1-3H3;1-5H,6,8H2. The van der Waals surface area contributed by atoms with Gasteiger partial charge in [0.15, 0.2) is 0 Å². The molecular formula is C18H31N. The first-order chi connectivity index (χ1) is 9.10. The van der Waals surface area contributed by atoms with Crippen molar-refractivity contribution in [3.63, 3.8) is 0 Å². The van der Waals surface area contributed by atoms with Gasteiger partial charge in [0.05, 0.1) is 0 Å². The van der Waals surface area contributed by atoms with Crippen LogP contribution >= 0.6 is 0 Å².